The van der Waals surface area contributed by atoms with Crippen molar-refractivity contribution in [2.24, 2.45) is 0 Å². The highest BCUT2D eigenvalue weighted by Gasteiger charge is 2.41. The third-order valence-corrected chi connectivity index (χ3v) is 6.74. The van der Waals surface area contributed by atoms with Gasteiger partial charge in [0.05, 0.1) is 42.8 Å². The Morgan fingerprint density at radius 2 is 1.81 bits per heavy atom. The van der Waals surface area contributed by atoms with E-state index in [1.165, 1.54) is 0 Å². The lowest BCUT2D eigenvalue weighted by Gasteiger charge is -2.28. The maximum Gasteiger partial charge on any atom is 0.226 e. The lowest BCUT2D eigenvalue weighted by atomic mass is 10.0. The fraction of sp³-hybridized carbons (Fsp3) is 0.214. The van der Waals surface area contributed by atoms with E-state index in [-0.39, 0.29) is 24.4 Å². The summed E-state index contributed by atoms with van der Waals surface area (Å²) in [5.41, 5.74) is 3.56. The topological polar surface area (TPSA) is 84.3 Å². The van der Waals surface area contributed by atoms with Crippen molar-refractivity contribution >= 4 is 28.9 Å². The summed E-state index contributed by atoms with van der Waals surface area (Å²) in [6.07, 6.45) is 5.89. The Balaban J connectivity index is 1.40. The van der Waals surface area contributed by atoms with E-state index in [4.69, 9.17) is 17.0 Å². The molecule has 1 fully saturated rings. The van der Waals surface area contributed by atoms with Gasteiger partial charge in [0.15, 0.2) is 5.11 Å². The lowest BCUT2D eigenvalue weighted by Crippen LogP contribution is -2.33. The van der Waals surface area contributed by atoms with Gasteiger partial charge in [-0.15, -0.1) is 0 Å². The van der Waals surface area contributed by atoms with Crippen molar-refractivity contribution in [3.8, 4) is 5.75 Å². The van der Waals surface area contributed by atoms with E-state index in [0.29, 0.717) is 29.6 Å². The molecule has 0 radical (unpaired) electrons. The van der Waals surface area contributed by atoms with Crippen molar-refractivity contribution < 1.29 is 9.53 Å². The summed E-state index contributed by atoms with van der Waals surface area (Å²) in [5.74, 6) is 0.505. The van der Waals surface area contributed by atoms with Crippen LogP contribution in [-0.2, 0) is 11.3 Å². The molecule has 4 aromatic rings. The van der Waals surface area contributed by atoms with Crippen LogP contribution in [0.4, 0.5) is 5.69 Å². The zero-order chi connectivity index (χ0) is 25.6. The first-order valence-electron chi connectivity index (χ1n) is 12.1. The Labute approximate surface area is 221 Å². The van der Waals surface area contributed by atoms with Crippen LogP contribution in [0.3, 0.4) is 0 Å². The first kappa shape index (κ1) is 24.5. The maximum atomic E-state index is 12.9. The number of thiocarbonyl (C=S) groups is 1. The predicted octanol–water partition coefficient (Wildman–Crippen LogP) is 4.34. The van der Waals surface area contributed by atoms with Gasteiger partial charge < -0.3 is 24.8 Å². The summed E-state index contributed by atoms with van der Waals surface area (Å²) in [7, 11) is 1.59. The molecule has 9 heteroatoms. The van der Waals surface area contributed by atoms with Gasteiger partial charge in [0.2, 0.25) is 5.91 Å². The number of rotatable bonds is 9. The third-order valence-electron chi connectivity index (χ3n) is 6.38. The zero-order valence-corrected chi connectivity index (χ0v) is 21.3. The summed E-state index contributed by atoms with van der Waals surface area (Å²) >= 11 is 5.78. The number of aromatic nitrogens is 3. The summed E-state index contributed by atoms with van der Waals surface area (Å²) < 4.78 is 7.54. The average Bonchev–Trinajstić information content (AvgIpc) is 3.52. The second-order valence-corrected chi connectivity index (χ2v) is 9.09. The fourth-order valence-corrected chi connectivity index (χ4v) is 4.99. The minimum atomic E-state index is -0.164. The van der Waals surface area contributed by atoms with Crippen LogP contribution in [0.1, 0.15) is 35.6 Å². The van der Waals surface area contributed by atoms with Crippen molar-refractivity contribution in [3.63, 3.8) is 0 Å². The van der Waals surface area contributed by atoms with Gasteiger partial charge in [-0.3, -0.25) is 14.8 Å². The van der Waals surface area contributed by atoms with E-state index in [1.54, 1.807) is 19.5 Å². The number of methoxy groups -OCH3 is 1. The van der Waals surface area contributed by atoms with Crippen LogP contribution < -0.4 is 15.4 Å². The zero-order valence-electron chi connectivity index (χ0n) is 20.4. The van der Waals surface area contributed by atoms with E-state index in [0.717, 1.165) is 17.1 Å². The van der Waals surface area contributed by atoms with Crippen LogP contribution in [0, 0.1) is 0 Å². The van der Waals surface area contributed by atoms with Gasteiger partial charge >= 0.3 is 0 Å². The van der Waals surface area contributed by atoms with Gasteiger partial charge in [-0.1, -0.05) is 24.3 Å². The number of nitrogens with zero attached hydrogens (tertiary/aromatic N) is 4. The summed E-state index contributed by atoms with van der Waals surface area (Å²) in [6, 6.07) is 23.0. The Morgan fingerprint density at radius 3 is 2.57 bits per heavy atom. The van der Waals surface area contributed by atoms with Gasteiger partial charge in [-0.2, -0.15) is 0 Å². The molecule has 0 bridgehead atoms. The number of carbonyl (C=O) groups excluding carboxylic acids is 1. The molecule has 1 amide bonds. The van der Waals surface area contributed by atoms with E-state index in [2.05, 4.69) is 36.1 Å². The Morgan fingerprint density at radius 1 is 1.03 bits per heavy atom. The maximum absolute atomic E-state index is 12.9. The molecule has 188 valence electrons. The van der Waals surface area contributed by atoms with Crippen molar-refractivity contribution in [3.05, 3.63) is 108 Å². The first-order valence-corrected chi connectivity index (χ1v) is 12.5. The number of benzene rings is 1. The number of hydrogen-bond donors (Lipinski definition) is 2. The molecule has 8 nitrogen and oxygen atoms in total. The molecule has 2 N–H and O–H groups in total. The molecule has 1 aliphatic heterocycles. The van der Waals surface area contributed by atoms with Gasteiger partial charge in [-0.05, 0) is 60.7 Å². The number of ether oxygens (including phenoxy) is 1. The van der Waals surface area contributed by atoms with Crippen molar-refractivity contribution in [1.29, 1.82) is 0 Å². The first-order chi connectivity index (χ1) is 18.1. The number of amides is 1. The van der Waals surface area contributed by atoms with Crippen molar-refractivity contribution in [2.75, 3.05) is 19.0 Å². The van der Waals surface area contributed by atoms with Crippen LogP contribution in [0.5, 0.6) is 5.75 Å². The summed E-state index contributed by atoms with van der Waals surface area (Å²) in [5, 5.41) is 7.01. The van der Waals surface area contributed by atoms with E-state index in [9.17, 15) is 4.79 Å². The van der Waals surface area contributed by atoms with Crippen LogP contribution in [-0.4, -0.2) is 44.1 Å². The molecule has 0 saturated carbocycles. The second kappa shape index (κ2) is 11.2. The van der Waals surface area contributed by atoms with Crippen LogP contribution in [0.2, 0.25) is 0 Å². The Hall–Kier alpha value is -4.24. The highest BCUT2D eigenvalue weighted by molar-refractivity contribution is 7.80. The molecular formula is C28H28N6O2S. The standard InChI is InChI=1S/C28H28N6O2S/c1-36-24-13-3-2-10-21(24)31-25(35)14-18-34-27(26(32-28(34)37)22-11-5-7-16-30-22)23-12-8-17-33(23)19-20-9-4-6-15-29-20/h2-13,15-17,26-27H,14,18-19H2,1H3,(H,31,35)(H,32,37)/t26-,27+/m0/s1. The molecule has 0 spiro atoms. The number of hydrogen-bond acceptors (Lipinski definition) is 5. The third kappa shape index (κ3) is 5.46. The van der Waals surface area contributed by atoms with Gasteiger partial charge in [0.25, 0.3) is 0 Å². The van der Waals surface area contributed by atoms with Gasteiger partial charge in [0.1, 0.15) is 5.75 Å². The van der Waals surface area contributed by atoms with Crippen LogP contribution >= 0.6 is 12.2 Å². The average molecular weight is 513 g/mol. The molecule has 4 heterocycles. The van der Waals surface area contributed by atoms with E-state index in [1.807, 2.05) is 72.9 Å². The lowest BCUT2D eigenvalue weighted by molar-refractivity contribution is -0.116. The molecule has 5 rings (SSSR count). The smallest absolute Gasteiger partial charge is 0.226 e. The SMILES string of the molecule is COc1ccccc1NC(=O)CCN1C(=S)N[C@@H](c2ccccn2)[C@H]1c1cccn1Cc1ccccn1. The molecule has 2 atom stereocenters. The quantitative estimate of drug-likeness (QED) is 0.323. The van der Waals surface area contributed by atoms with Crippen molar-refractivity contribution in [2.45, 2.75) is 25.0 Å². The number of para-hydroxylation sites is 2. The van der Waals surface area contributed by atoms with Crippen LogP contribution in [0.25, 0.3) is 0 Å². The van der Waals surface area contributed by atoms with Crippen molar-refractivity contribution in [1.82, 2.24) is 24.8 Å². The van der Waals surface area contributed by atoms with E-state index < -0.39 is 0 Å². The largest absolute Gasteiger partial charge is 0.495 e. The number of carbonyl (C=O) groups is 1. The number of nitrogens with one attached hydrogen (secondary N) is 2. The normalized spacial score (nSPS) is 16.9. The van der Waals surface area contributed by atoms with Gasteiger partial charge in [0, 0.05) is 37.3 Å². The number of anilines is 1. The minimum Gasteiger partial charge on any atom is -0.495 e. The number of pyridine rings is 2. The molecule has 1 saturated heterocycles. The molecule has 37 heavy (non-hydrogen) atoms. The molecule has 1 aromatic carbocycles. The summed E-state index contributed by atoms with van der Waals surface area (Å²) in [6.45, 7) is 1.07. The van der Waals surface area contributed by atoms with Crippen LogP contribution in [0.15, 0.2) is 91.4 Å². The highest BCUT2D eigenvalue weighted by Crippen LogP contribution is 2.39. The highest BCUT2D eigenvalue weighted by atomic mass is 32.1. The fourth-order valence-electron chi connectivity index (χ4n) is 4.66. The van der Waals surface area contributed by atoms with E-state index >= 15 is 0 Å². The Bertz CT molecular complexity index is 1360. The molecular weight excluding hydrogens is 484 g/mol. The molecule has 3 aromatic heterocycles. The molecule has 0 aliphatic carbocycles. The molecule has 1 aliphatic rings. The minimum absolute atomic E-state index is 0.115. The predicted molar refractivity (Wildman–Crippen MR) is 146 cm³/mol. The van der Waals surface area contributed by atoms with Gasteiger partial charge in [-0.25, -0.2) is 0 Å². The second-order valence-electron chi connectivity index (χ2n) is 8.70. The summed E-state index contributed by atoms with van der Waals surface area (Å²) in [4.78, 5) is 24.1. The molecule has 0 unspecified atom stereocenters. The monoisotopic (exact) mass is 512 g/mol. The Kier molecular flexibility index (Phi) is 7.41.